The molecule has 112 valence electrons. The van der Waals surface area contributed by atoms with Crippen LogP contribution in [0.3, 0.4) is 0 Å². The van der Waals surface area contributed by atoms with Crippen LogP contribution < -0.4 is 5.73 Å². The van der Waals surface area contributed by atoms with Crippen molar-refractivity contribution in [1.82, 2.24) is 4.90 Å². The number of nitrogen functional groups attached to an aromatic ring is 1. The second-order valence-corrected chi connectivity index (χ2v) is 6.22. The van der Waals surface area contributed by atoms with Gasteiger partial charge in [0.2, 0.25) is 0 Å². The average molecular weight is 332 g/mol. The fourth-order valence-electron chi connectivity index (χ4n) is 2.70. The first-order chi connectivity index (χ1) is 10.6. The summed E-state index contributed by atoms with van der Waals surface area (Å²) in [4.78, 5) is 2.26. The predicted octanol–water partition coefficient (Wildman–Crippen LogP) is 4.32. The predicted molar refractivity (Wildman–Crippen MR) is 90.9 cm³/mol. The van der Waals surface area contributed by atoms with Crippen LogP contribution in [0.25, 0.3) is 11.1 Å². The lowest BCUT2D eigenvalue weighted by molar-refractivity contribution is 0.172. The smallest absolute Gasteiger partial charge is 0.102 e. The summed E-state index contributed by atoms with van der Waals surface area (Å²) in [6, 6.07) is 11.4. The molecular formula is C17H15Cl2N3. The molecule has 3 rings (SSSR count). The summed E-state index contributed by atoms with van der Waals surface area (Å²) in [6.07, 6.45) is 1.20. The third-order valence-electron chi connectivity index (χ3n) is 4.00. The van der Waals surface area contributed by atoms with Gasteiger partial charge in [-0.25, -0.2) is 0 Å². The van der Waals surface area contributed by atoms with E-state index in [1.54, 1.807) is 6.07 Å². The van der Waals surface area contributed by atoms with Crippen molar-refractivity contribution in [3.05, 3.63) is 51.5 Å². The number of likely N-dealkylation sites (tertiary alicyclic amines) is 1. The lowest BCUT2D eigenvalue weighted by atomic mass is 9.96. The second-order valence-electron chi connectivity index (χ2n) is 5.40. The molecule has 3 nitrogen and oxygen atoms in total. The van der Waals surface area contributed by atoms with E-state index < -0.39 is 0 Å². The van der Waals surface area contributed by atoms with E-state index in [1.165, 1.54) is 6.42 Å². The summed E-state index contributed by atoms with van der Waals surface area (Å²) in [5.74, 6) is 0. The molecule has 2 N–H and O–H groups in total. The maximum atomic E-state index is 9.51. The molecule has 1 saturated heterocycles. The van der Waals surface area contributed by atoms with E-state index in [-0.39, 0.29) is 0 Å². The van der Waals surface area contributed by atoms with Crippen LogP contribution in [-0.4, -0.2) is 18.0 Å². The van der Waals surface area contributed by atoms with Gasteiger partial charge in [0.15, 0.2) is 0 Å². The number of halogens is 2. The number of nitrogens with two attached hydrogens (primary N) is 1. The van der Waals surface area contributed by atoms with Crippen LogP contribution in [0.2, 0.25) is 10.0 Å². The van der Waals surface area contributed by atoms with Gasteiger partial charge in [-0.1, -0.05) is 41.4 Å². The monoisotopic (exact) mass is 331 g/mol. The Morgan fingerprint density at radius 2 is 1.91 bits per heavy atom. The number of nitriles is 1. The molecule has 1 fully saturated rings. The SMILES string of the molecule is N#Cc1c(CN2CCC2)cc(Cl)c(-c2ccccc2Cl)c1N. The normalized spacial score (nSPS) is 14.4. The van der Waals surface area contributed by atoms with Crippen LogP contribution in [0.4, 0.5) is 5.69 Å². The molecule has 0 aliphatic carbocycles. The average Bonchev–Trinajstić information content (AvgIpc) is 2.45. The third kappa shape index (κ3) is 2.66. The molecule has 2 aromatic carbocycles. The van der Waals surface area contributed by atoms with E-state index in [2.05, 4.69) is 11.0 Å². The quantitative estimate of drug-likeness (QED) is 0.852. The molecule has 0 spiro atoms. The number of rotatable bonds is 3. The molecule has 1 aliphatic heterocycles. The highest BCUT2D eigenvalue weighted by atomic mass is 35.5. The first-order valence-electron chi connectivity index (χ1n) is 7.10. The summed E-state index contributed by atoms with van der Waals surface area (Å²) in [7, 11) is 0. The molecule has 0 radical (unpaired) electrons. The summed E-state index contributed by atoms with van der Waals surface area (Å²) in [5.41, 5.74) is 9.40. The minimum absolute atomic E-state index is 0.402. The Kier molecular flexibility index (Phi) is 4.26. The zero-order chi connectivity index (χ0) is 15.7. The molecule has 0 amide bonds. The second kappa shape index (κ2) is 6.18. The van der Waals surface area contributed by atoms with E-state index in [4.69, 9.17) is 28.9 Å². The van der Waals surface area contributed by atoms with E-state index in [9.17, 15) is 5.26 Å². The topological polar surface area (TPSA) is 53.0 Å². The highest BCUT2D eigenvalue weighted by molar-refractivity contribution is 6.37. The zero-order valence-electron chi connectivity index (χ0n) is 11.9. The van der Waals surface area contributed by atoms with Crippen LogP contribution in [0.1, 0.15) is 17.5 Å². The van der Waals surface area contributed by atoms with Crippen molar-refractivity contribution < 1.29 is 0 Å². The first kappa shape index (κ1) is 15.2. The minimum Gasteiger partial charge on any atom is -0.397 e. The molecule has 1 aliphatic rings. The van der Waals surface area contributed by atoms with Gasteiger partial charge in [-0.05, 0) is 37.2 Å². The maximum Gasteiger partial charge on any atom is 0.102 e. The summed E-state index contributed by atoms with van der Waals surface area (Å²) in [5, 5.41) is 10.6. The van der Waals surface area contributed by atoms with Crippen LogP contribution >= 0.6 is 23.2 Å². The van der Waals surface area contributed by atoms with Crippen molar-refractivity contribution in [2.24, 2.45) is 0 Å². The van der Waals surface area contributed by atoms with Gasteiger partial charge in [0.1, 0.15) is 6.07 Å². The summed E-state index contributed by atoms with van der Waals surface area (Å²) >= 11 is 12.7. The van der Waals surface area contributed by atoms with E-state index in [1.807, 2.05) is 24.3 Å². The van der Waals surface area contributed by atoms with Crippen molar-refractivity contribution in [1.29, 1.82) is 5.26 Å². The highest BCUT2D eigenvalue weighted by Crippen LogP contribution is 2.40. The molecular weight excluding hydrogens is 317 g/mol. The Labute approximate surface area is 139 Å². The van der Waals surface area contributed by atoms with Gasteiger partial charge in [0.25, 0.3) is 0 Å². The molecule has 0 unspecified atom stereocenters. The fourth-order valence-corrected chi connectivity index (χ4v) is 3.26. The van der Waals surface area contributed by atoms with Gasteiger partial charge < -0.3 is 5.73 Å². The Hall–Kier alpha value is -1.73. The van der Waals surface area contributed by atoms with Gasteiger partial charge in [-0.15, -0.1) is 0 Å². The van der Waals surface area contributed by atoms with Gasteiger partial charge in [-0.2, -0.15) is 5.26 Å². The van der Waals surface area contributed by atoms with Crippen molar-refractivity contribution in [2.75, 3.05) is 18.8 Å². The standard InChI is InChI=1S/C17H15Cl2N3/c18-14-5-2-1-4-12(14)16-15(19)8-11(10-22-6-3-7-22)13(9-20)17(16)21/h1-2,4-5,8H,3,6-7,10,21H2. The fraction of sp³-hybridized carbons (Fsp3) is 0.235. The molecule has 0 saturated carbocycles. The molecule has 0 atom stereocenters. The molecule has 1 heterocycles. The number of nitrogens with zero attached hydrogens (tertiary/aromatic N) is 2. The number of hydrogen-bond donors (Lipinski definition) is 1. The van der Waals surface area contributed by atoms with Crippen molar-refractivity contribution in [3.8, 4) is 17.2 Å². The zero-order valence-corrected chi connectivity index (χ0v) is 13.5. The van der Waals surface area contributed by atoms with Crippen LogP contribution in [0.5, 0.6) is 0 Å². The van der Waals surface area contributed by atoms with E-state index in [0.717, 1.165) is 24.2 Å². The molecule has 0 aromatic heterocycles. The van der Waals surface area contributed by atoms with Crippen LogP contribution in [0, 0.1) is 11.3 Å². The Morgan fingerprint density at radius 1 is 1.18 bits per heavy atom. The summed E-state index contributed by atoms with van der Waals surface area (Å²) < 4.78 is 0. The maximum absolute atomic E-state index is 9.51. The lowest BCUT2D eigenvalue weighted by Gasteiger charge is -2.31. The Balaban J connectivity index is 2.13. The number of anilines is 1. The largest absolute Gasteiger partial charge is 0.397 e. The number of hydrogen-bond acceptors (Lipinski definition) is 3. The van der Waals surface area contributed by atoms with Crippen LogP contribution in [-0.2, 0) is 6.54 Å². The Bertz CT molecular complexity index is 761. The molecule has 5 heteroatoms. The molecule has 22 heavy (non-hydrogen) atoms. The van der Waals surface area contributed by atoms with Crippen molar-refractivity contribution in [2.45, 2.75) is 13.0 Å². The van der Waals surface area contributed by atoms with Crippen molar-refractivity contribution in [3.63, 3.8) is 0 Å². The summed E-state index contributed by atoms with van der Waals surface area (Å²) in [6.45, 7) is 2.80. The van der Waals surface area contributed by atoms with E-state index in [0.29, 0.717) is 33.4 Å². The van der Waals surface area contributed by atoms with E-state index >= 15 is 0 Å². The number of benzene rings is 2. The van der Waals surface area contributed by atoms with Gasteiger partial charge in [0.05, 0.1) is 16.3 Å². The first-order valence-corrected chi connectivity index (χ1v) is 7.85. The molecule has 0 bridgehead atoms. The highest BCUT2D eigenvalue weighted by Gasteiger charge is 2.21. The lowest BCUT2D eigenvalue weighted by Crippen LogP contribution is -2.36. The third-order valence-corrected chi connectivity index (χ3v) is 4.62. The van der Waals surface area contributed by atoms with Gasteiger partial charge in [0, 0.05) is 22.7 Å². The minimum atomic E-state index is 0.402. The van der Waals surface area contributed by atoms with Gasteiger partial charge >= 0.3 is 0 Å². The molecule has 2 aromatic rings. The van der Waals surface area contributed by atoms with Crippen LogP contribution in [0.15, 0.2) is 30.3 Å². The van der Waals surface area contributed by atoms with Crippen molar-refractivity contribution >= 4 is 28.9 Å². The Morgan fingerprint density at radius 3 is 2.50 bits per heavy atom. The van der Waals surface area contributed by atoms with Gasteiger partial charge in [-0.3, -0.25) is 4.90 Å².